The topological polar surface area (TPSA) is 34.2 Å². The molecule has 3 aromatic heterocycles. The molecule has 5 heteroatoms. The predicted molar refractivity (Wildman–Crippen MR) is 219 cm³/mol. The quantitative estimate of drug-likeness (QED) is 0.181. The van der Waals surface area contributed by atoms with Gasteiger partial charge in [0.05, 0.1) is 16.7 Å². The van der Waals surface area contributed by atoms with E-state index in [1.54, 1.807) is 0 Å². The fourth-order valence-electron chi connectivity index (χ4n) is 7.83. The Morgan fingerprint density at radius 3 is 1.98 bits per heavy atom. The zero-order valence-corrected chi connectivity index (χ0v) is 28.7. The summed E-state index contributed by atoms with van der Waals surface area (Å²) in [5.41, 5.74) is 8.99. The molecule has 0 spiro atoms. The molecule has 0 unspecified atom stereocenters. The zero-order valence-electron chi connectivity index (χ0n) is 27.9. The van der Waals surface area contributed by atoms with Crippen molar-refractivity contribution in [3.63, 3.8) is 0 Å². The SMILES string of the molecule is c1ccc(-c2nc3c(o2)c(N(c2ccc4c(c2)sc2ccccc24)c2ccc4c5ccccc5n(-c5ccccc5)c4c2)cc2ccccc23)cc1. The first-order valence-electron chi connectivity index (χ1n) is 17.5. The van der Waals surface area contributed by atoms with Crippen molar-refractivity contribution >= 4 is 92.2 Å². The summed E-state index contributed by atoms with van der Waals surface area (Å²) < 4.78 is 11.7. The van der Waals surface area contributed by atoms with E-state index in [0.717, 1.165) is 55.7 Å². The normalized spacial score (nSPS) is 11.8. The van der Waals surface area contributed by atoms with Crippen LogP contribution in [-0.4, -0.2) is 9.55 Å². The number of nitrogens with zero attached hydrogens (tertiary/aromatic N) is 3. The molecular formula is C47H29N3OS. The van der Waals surface area contributed by atoms with E-state index < -0.39 is 0 Å². The number of benzene rings is 8. The van der Waals surface area contributed by atoms with Crippen LogP contribution in [0, 0.1) is 0 Å². The van der Waals surface area contributed by atoms with E-state index in [0.29, 0.717) is 5.89 Å². The molecule has 0 amide bonds. The molecule has 0 atom stereocenters. The molecule has 11 rings (SSSR count). The van der Waals surface area contributed by atoms with Crippen LogP contribution in [0.1, 0.15) is 0 Å². The van der Waals surface area contributed by atoms with Crippen molar-refractivity contribution in [1.82, 2.24) is 9.55 Å². The molecule has 0 radical (unpaired) electrons. The Bertz CT molecular complexity index is 3140. The van der Waals surface area contributed by atoms with E-state index in [1.165, 1.54) is 36.5 Å². The minimum absolute atomic E-state index is 0.604. The molecule has 4 nitrogen and oxygen atoms in total. The molecule has 0 bridgehead atoms. The minimum atomic E-state index is 0.604. The van der Waals surface area contributed by atoms with Crippen LogP contribution in [-0.2, 0) is 0 Å². The van der Waals surface area contributed by atoms with Crippen molar-refractivity contribution in [1.29, 1.82) is 0 Å². The maximum Gasteiger partial charge on any atom is 0.227 e. The van der Waals surface area contributed by atoms with Gasteiger partial charge in [0.1, 0.15) is 5.52 Å². The standard InChI is InChI=1S/C47H29N3OS/c1-3-13-30(14-4-1)47-48-45-35-18-8-7-15-31(35)27-42(46(45)51-47)49(34-24-26-39-38-20-10-12-22-43(38)52-44(39)29-34)33-23-25-37-36-19-9-11-21-40(36)50(41(37)28-33)32-16-5-2-6-17-32/h1-29H. The molecule has 11 aromatic rings. The van der Waals surface area contributed by atoms with Crippen LogP contribution in [0.25, 0.3) is 81.0 Å². The maximum absolute atomic E-state index is 6.83. The number of oxazole rings is 1. The van der Waals surface area contributed by atoms with Crippen LogP contribution in [0.15, 0.2) is 180 Å². The van der Waals surface area contributed by atoms with Crippen LogP contribution < -0.4 is 4.90 Å². The van der Waals surface area contributed by atoms with Crippen LogP contribution >= 0.6 is 11.3 Å². The molecule has 52 heavy (non-hydrogen) atoms. The van der Waals surface area contributed by atoms with E-state index in [-0.39, 0.29) is 0 Å². The smallest absolute Gasteiger partial charge is 0.227 e. The van der Waals surface area contributed by atoms with E-state index in [4.69, 9.17) is 9.40 Å². The Kier molecular flexibility index (Phi) is 6.39. The number of anilines is 3. The first-order valence-corrected chi connectivity index (χ1v) is 18.3. The first kappa shape index (κ1) is 29.1. The summed E-state index contributed by atoms with van der Waals surface area (Å²) in [5.74, 6) is 0.604. The molecule has 244 valence electrons. The summed E-state index contributed by atoms with van der Waals surface area (Å²) in [6, 6.07) is 62.5. The number of fused-ring (bicyclic) bond motifs is 9. The average molecular weight is 684 g/mol. The monoisotopic (exact) mass is 683 g/mol. The predicted octanol–water partition coefficient (Wildman–Crippen LogP) is 13.6. The van der Waals surface area contributed by atoms with Crippen LogP contribution in [0.5, 0.6) is 0 Å². The van der Waals surface area contributed by atoms with Gasteiger partial charge < -0.3 is 13.9 Å². The van der Waals surface area contributed by atoms with Gasteiger partial charge in [0, 0.05) is 59.0 Å². The second-order valence-corrected chi connectivity index (χ2v) is 14.3. The fraction of sp³-hybridized carbons (Fsp3) is 0. The van der Waals surface area contributed by atoms with Crippen molar-refractivity contribution in [3.8, 4) is 17.1 Å². The third-order valence-corrected chi connectivity index (χ3v) is 11.3. The number of hydrogen-bond acceptors (Lipinski definition) is 4. The number of rotatable bonds is 5. The largest absolute Gasteiger partial charge is 0.434 e. The molecule has 0 saturated carbocycles. The highest BCUT2D eigenvalue weighted by atomic mass is 32.1. The molecule has 8 aromatic carbocycles. The first-order chi connectivity index (χ1) is 25.8. The van der Waals surface area contributed by atoms with E-state index >= 15 is 0 Å². The third kappa shape index (κ3) is 4.43. The van der Waals surface area contributed by atoms with Crippen molar-refractivity contribution in [2.45, 2.75) is 0 Å². The van der Waals surface area contributed by atoms with Gasteiger partial charge in [-0.15, -0.1) is 11.3 Å². The molecule has 0 N–H and O–H groups in total. The number of para-hydroxylation sites is 2. The Balaban J connectivity index is 1.23. The van der Waals surface area contributed by atoms with Gasteiger partial charge in [0.2, 0.25) is 5.89 Å². The summed E-state index contributed by atoms with van der Waals surface area (Å²) in [6.07, 6.45) is 0. The number of aromatic nitrogens is 2. The zero-order chi connectivity index (χ0) is 34.2. The van der Waals surface area contributed by atoms with E-state index in [1.807, 2.05) is 29.5 Å². The number of hydrogen-bond donors (Lipinski definition) is 0. The van der Waals surface area contributed by atoms with Crippen molar-refractivity contribution < 1.29 is 4.42 Å². The lowest BCUT2D eigenvalue weighted by Gasteiger charge is -2.26. The molecular weight excluding hydrogens is 655 g/mol. The van der Waals surface area contributed by atoms with Crippen molar-refractivity contribution in [3.05, 3.63) is 176 Å². The average Bonchev–Trinajstić information content (AvgIpc) is 3.91. The maximum atomic E-state index is 6.83. The van der Waals surface area contributed by atoms with Gasteiger partial charge in [-0.2, -0.15) is 0 Å². The minimum Gasteiger partial charge on any atom is -0.434 e. The summed E-state index contributed by atoms with van der Waals surface area (Å²) in [5, 5.41) is 7.14. The van der Waals surface area contributed by atoms with Crippen molar-refractivity contribution in [2.75, 3.05) is 4.90 Å². The van der Waals surface area contributed by atoms with Crippen LogP contribution in [0.3, 0.4) is 0 Å². The lowest BCUT2D eigenvalue weighted by atomic mass is 10.1. The Hall–Kier alpha value is -6.69. The summed E-state index contributed by atoms with van der Waals surface area (Å²) in [4.78, 5) is 7.51. The Morgan fingerprint density at radius 1 is 0.500 bits per heavy atom. The fourth-order valence-corrected chi connectivity index (χ4v) is 8.97. The van der Waals surface area contributed by atoms with Crippen molar-refractivity contribution in [2.24, 2.45) is 0 Å². The molecule has 3 heterocycles. The highest BCUT2D eigenvalue weighted by Gasteiger charge is 2.24. The molecule has 0 aliphatic heterocycles. The highest BCUT2D eigenvalue weighted by molar-refractivity contribution is 7.25. The van der Waals surface area contributed by atoms with Gasteiger partial charge in [-0.1, -0.05) is 109 Å². The third-order valence-electron chi connectivity index (χ3n) is 10.2. The van der Waals surface area contributed by atoms with E-state index in [2.05, 4.69) is 167 Å². The van der Waals surface area contributed by atoms with Gasteiger partial charge >= 0.3 is 0 Å². The van der Waals surface area contributed by atoms with Gasteiger partial charge in [-0.3, -0.25) is 0 Å². The van der Waals surface area contributed by atoms with E-state index in [9.17, 15) is 0 Å². The van der Waals surface area contributed by atoms with Gasteiger partial charge in [0.25, 0.3) is 0 Å². The Morgan fingerprint density at radius 2 is 1.13 bits per heavy atom. The van der Waals surface area contributed by atoms with Crippen LogP contribution in [0.4, 0.5) is 17.1 Å². The van der Waals surface area contributed by atoms with Crippen LogP contribution in [0.2, 0.25) is 0 Å². The summed E-state index contributed by atoms with van der Waals surface area (Å²) >= 11 is 1.83. The second-order valence-electron chi connectivity index (χ2n) is 13.2. The molecule has 0 aliphatic carbocycles. The molecule has 0 fully saturated rings. The van der Waals surface area contributed by atoms with Gasteiger partial charge in [0.15, 0.2) is 5.58 Å². The second kappa shape index (κ2) is 11.4. The molecule has 0 saturated heterocycles. The molecule has 0 aliphatic rings. The lowest BCUT2D eigenvalue weighted by molar-refractivity contribution is 0.620. The Labute approximate surface area is 303 Å². The summed E-state index contributed by atoms with van der Waals surface area (Å²) in [7, 11) is 0. The number of thiophene rings is 1. The van der Waals surface area contributed by atoms with Gasteiger partial charge in [-0.05, 0) is 72.1 Å². The highest BCUT2D eigenvalue weighted by Crippen LogP contribution is 2.46. The van der Waals surface area contributed by atoms with Gasteiger partial charge in [-0.25, -0.2) is 4.98 Å². The summed E-state index contributed by atoms with van der Waals surface area (Å²) in [6.45, 7) is 0. The lowest BCUT2D eigenvalue weighted by Crippen LogP contribution is -2.10.